The van der Waals surface area contributed by atoms with Crippen LogP contribution in [0.25, 0.3) is 0 Å². The van der Waals surface area contributed by atoms with Crippen molar-refractivity contribution >= 4 is 25.1 Å². The van der Waals surface area contributed by atoms with Gasteiger partial charge in [0.1, 0.15) is 0 Å². The van der Waals surface area contributed by atoms with Gasteiger partial charge in [0, 0.05) is 5.47 Å². The Morgan fingerprint density at radius 2 is 1.75 bits per heavy atom. The molecule has 1 N–H and O–H groups in total. The summed E-state index contributed by atoms with van der Waals surface area (Å²) in [4.78, 5) is 3.60. The first-order valence-electron chi connectivity index (χ1n) is 2.21. The topological polar surface area (TPSA) is 20.2 Å². The maximum absolute atomic E-state index is 8.45. The zero-order chi connectivity index (χ0) is 5.70. The summed E-state index contributed by atoms with van der Waals surface area (Å²) in [5.74, 6) is 0. The van der Waals surface area contributed by atoms with Crippen LogP contribution in [0.3, 0.4) is 0 Å². The summed E-state index contributed by atoms with van der Waals surface area (Å²) in [7, 11) is 0. The van der Waals surface area contributed by atoms with Gasteiger partial charge >= 0.3 is 14.1 Å². The average molecular weight is 144 g/mol. The van der Waals surface area contributed by atoms with Crippen LogP contribution in [0.5, 0.6) is 0 Å². The molecule has 0 aromatic carbocycles. The minimum Gasteiger partial charge on any atom is -0.410 e. The van der Waals surface area contributed by atoms with Crippen LogP contribution in [0.4, 0.5) is 0 Å². The van der Waals surface area contributed by atoms with E-state index in [-0.39, 0.29) is 16.4 Å². The van der Waals surface area contributed by atoms with Gasteiger partial charge in [-0.1, -0.05) is 0 Å². The van der Waals surface area contributed by atoms with Crippen LogP contribution in [-0.2, 0) is 0 Å². The molecule has 3 heteroatoms. The molecule has 0 saturated carbocycles. The molecule has 1 nitrogen and oxygen atoms in total. The van der Waals surface area contributed by atoms with Crippen molar-refractivity contribution in [3.8, 4) is 0 Å². The molecule has 0 atom stereocenters. The second-order valence-corrected chi connectivity index (χ2v) is 3.95. The van der Waals surface area contributed by atoms with Crippen molar-refractivity contribution in [2.45, 2.75) is 0 Å². The van der Waals surface area contributed by atoms with Gasteiger partial charge in [0.2, 0.25) is 0 Å². The smallest absolute Gasteiger partial charge is 0.359 e. The Bertz CT molecular complexity index is 66.8. The fourth-order valence-corrected chi connectivity index (χ4v) is 0.736. The summed E-state index contributed by atoms with van der Waals surface area (Å²) in [6.07, 6.45) is 0. The third kappa shape index (κ3) is 4.35. The number of aliphatic hydroxyl groups excluding tert-OH is 1. The maximum Gasteiger partial charge on any atom is 0.359 e. The highest BCUT2D eigenvalue weighted by atomic mass is 28.1. The van der Waals surface area contributed by atoms with E-state index in [9.17, 15) is 0 Å². The largest absolute Gasteiger partial charge is 0.410 e. The van der Waals surface area contributed by atoms with E-state index in [0.29, 0.717) is 0 Å². The Hall–Kier alpha value is 0.189. The average Bonchev–Trinajstić information content (AvgIpc) is 1.72. The van der Waals surface area contributed by atoms with Gasteiger partial charge in [0.25, 0.3) is 0 Å². The van der Waals surface area contributed by atoms with Gasteiger partial charge < -0.3 is 5.11 Å². The molecule has 0 aromatic rings. The molecule has 0 aromatic heterocycles. The molecule has 46 valence electrons. The summed E-state index contributed by atoms with van der Waals surface area (Å²) >= 11 is -1.09. The molecule has 0 rings (SSSR count). The zero-order valence-electron chi connectivity index (χ0n) is 4.30. The van der Waals surface area contributed by atoms with Crippen LogP contribution in [0.2, 0.25) is 0 Å². The van der Waals surface area contributed by atoms with Gasteiger partial charge in [0.05, 0.1) is 0 Å². The lowest BCUT2D eigenvalue weighted by Gasteiger charge is -1.87. The second-order valence-electron chi connectivity index (χ2n) is 1.32. The molecular formula is C5H13AlOSi. The zero-order valence-corrected chi connectivity index (χ0v) is 5.46. The molecular weight excluding hydrogens is 131 g/mol. The fourth-order valence-electron chi connectivity index (χ4n) is 0.245. The lowest BCUT2D eigenvalue weighted by Crippen LogP contribution is -2.10. The molecule has 0 unspecified atom stereocenters. The first-order chi connectivity index (χ1) is 3.35. The molecule has 0 radical (unpaired) electrons. The first kappa shape index (κ1) is 11.0. The summed E-state index contributed by atoms with van der Waals surface area (Å²) in [5.41, 5.74) is 0.257. The summed E-state index contributed by atoms with van der Waals surface area (Å²) in [6, 6.07) is 0. The standard InChI is InChI=1S/2C2H3.CH3O.Al.H4Si/c3*1-2;;/h2*1H,2H2;2H,1H2;;1H4. The second kappa shape index (κ2) is 7.19. The first-order valence-corrected chi connectivity index (χ1v) is 4.36. The Labute approximate surface area is 59.1 Å². The lowest BCUT2D eigenvalue weighted by molar-refractivity contribution is 0.365. The van der Waals surface area contributed by atoms with E-state index in [1.807, 2.05) is 0 Å². The number of rotatable bonds is 3. The van der Waals surface area contributed by atoms with E-state index in [1.165, 1.54) is 0 Å². The molecule has 0 spiro atoms. The maximum atomic E-state index is 8.45. The Morgan fingerprint density at radius 1 is 1.38 bits per heavy atom. The van der Waals surface area contributed by atoms with E-state index < -0.39 is 14.1 Å². The van der Waals surface area contributed by atoms with Crippen molar-refractivity contribution in [1.29, 1.82) is 0 Å². The molecule has 0 aliphatic rings. The predicted molar refractivity (Wildman–Crippen MR) is 44.6 cm³/mol. The van der Waals surface area contributed by atoms with Crippen molar-refractivity contribution in [3.63, 3.8) is 0 Å². The van der Waals surface area contributed by atoms with Gasteiger partial charge in [-0.15, -0.1) is 23.0 Å². The number of hydrogen-bond acceptors (Lipinski definition) is 1. The monoisotopic (exact) mass is 144 g/mol. The van der Waals surface area contributed by atoms with Gasteiger partial charge in [0.15, 0.2) is 0 Å². The van der Waals surface area contributed by atoms with Gasteiger partial charge in [-0.25, -0.2) is 0 Å². The molecule has 0 aliphatic heterocycles. The Kier molecular flexibility index (Phi) is 9.93. The van der Waals surface area contributed by atoms with Crippen LogP contribution in [0.1, 0.15) is 0 Å². The lowest BCUT2D eigenvalue weighted by atomic mass is 11.2. The molecule has 8 heavy (non-hydrogen) atoms. The highest BCUT2D eigenvalue weighted by Crippen LogP contribution is 1.79. The van der Waals surface area contributed by atoms with Crippen LogP contribution in [0.15, 0.2) is 23.0 Å². The molecule has 0 bridgehead atoms. The molecule has 0 saturated heterocycles. The number of aliphatic hydroxyl groups is 1. The normalized spacial score (nSPS) is 6.62. The van der Waals surface area contributed by atoms with Crippen LogP contribution >= 0.6 is 0 Å². The van der Waals surface area contributed by atoms with E-state index in [1.54, 1.807) is 9.88 Å². The van der Waals surface area contributed by atoms with Crippen molar-refractivity contribution in [1.82, 2.24) is 0 Å². The molecule has 0 fully saturated rings. The van der Waals surface area contributed by atoms with Crippen LogP contribution < -0.4 is 0 Å². The van der Waals surface area contributed by atoms with Crippen molar-refractivity contribution in [3.05, 3.63) is 23.0 Å². The third-order valence-electron chi connectivity index (χ3n) is 0.816. The number of hydrogen-bond donors (Lipinski definition) is 1. The highest BCUT2D eigenvalue weighted by molar-refractivity contribution is 6.68. The van der Waals surface area contributed by atoms with E-state index in [2.05, 4.69) is 13.2 Å². The fraction of sp³-hybridized carbons (Fsp3) is 0.200. The summed E-state index contributed by atoms with van der Waals surface area (Å²) in [5, 5.41) is 8.45. The highest BCUT2D eigenvalue weighted by Gasteiger charge is 2.02. The van der Waals surface area contributed by atoms with Gasteiger partial charge in [-0.3, -0.25) is 0 Å². The Morgan fingerprint density at radius 3 is 1.75 bits per heavy atom. The molecule has 0 amide bonds. The summed E-state index contributed by atoms with van der Waals surface area (Å²) < 4.78 is 0. The quantitative estimate of drug-likeness (QED) is 0.504. The van der Waals surface area contributed by atoms with Crippen molar-refractivity contribution < 1.29 is 5.11 Å². The van der Waals surface area contributed by atoms with E-state index >= 15 is 0 Å². The minimum atomic E-state index is -1.09. The van der Waals surface area contributed by atoms with Crippen molar-refractivity contribution in [2.75, 3.05) is 5.47 Å². The van der Waals surface area contributed by atoms with Gasteiger partial charge in [-0.2, -0.15) is 0 Å². The van der Waals surface area contributed by atoms with Crippen molar-refractivity contribution in [2.24, 2.45) is 0 Å². The summed E-state index contributed by atoms with van der Waals surface area (Å²) in [6.45, 7) is 7.07. The predicted octanol–water partition coefficient (Wildman–Crippen LogP) is -0.989. The van der Waals surface area contributed by atoms with Gasteiger partial charge in [-0.05, 0) is 11.0 Å². The molecule has 0 aliphatic carbocycles. The van der Waals surface area contributed by atoms with Crippen LogP contribution in [0, 0.1) is 0 Å². The SMILES string of the molecule is C=[CH][Al]([CH]=C)[CH2]O.[SiH4]. The van der Waals surface area contributed by atoms with Crippen LogP contribution in [-0.4, -0.2) is 35.7 Å². The third-order valence-corrected chi connectivity index (χ3v) is 2.45. The van der Waals surface area contributed by atoms with E-state index in [4.69, 9.17) is 5.11 Å². The van der Waals surface area contributed by atoms with E-state index in [0.717, 1.165) is 0 Å². The molecule has 0 heterocycles. The Balaban J connectivity index is 0. The minimum absolute atomic E-state index is 0.